The van der Waals surface area contributed by atoms with Crippen LogP contribution in [0.15, 0.2) is 28.8 Å². The second kappa shape index (κ2) is 6.89. The summed E-state index contributed by atoms with van der Waals surface area (Å²) in [6.45, 7) is 1.20. The van der Waals surface area contributed by atoms with Crippen LogP contribution in [-0.4, -0.2) is 36.4 Å². The molecule has 0 unspecified atom stereocenters. The molecule has 1 fully saturated rings. The van der Waals surface area contributed by atoms with E-state index in [9.17, 15) is 4.79 Å². The first kappa shape index (κ1) is 15.6. The Hall–Kier alpha value is -2.25. The molecule has 1 aromatic heterocycles. The molecule has 0 aliphatic carbocycles. The van der Waals surface area contributed by atoms with E-state index in [0.717, 1.165) is 6.42 Å². The maximum atomic E-state index is 12.1. The molecule has 0 atom stereocenters. The predicted molar refractivity (Wildman–Crippen MR) is 80.4 cm³/mol. The molecule has 8 heteroatoms. The summed E-state index contributed by atoms with van der Waals surface area (Å²) in [5.41, 5.74) is 0.188. The van der Waals surface area contributed by atoms with E-state index in [2.05, 4.69) is 5.16 Å². The van der Waals surface area contributed by atoms with Crippen LogP contribution in [0.3, 0.4) is 0 Å². The zero-order chi connectivity index (χ0) is 16.2. The normalized spacial score (nSPS) is 14.1. The number of hydroxylamine groups is 2. The number of hydrogen-bond donors (Lipinski definition) is 0. The third-order valence-electron chi connectivity index (χ3n) is 3.25. The third kappa shape index (κ3) is 3.57. The zero-order valence-electron chi connectivity index (χ0n) is 12.5. The highest BCUT2D eigenvalue weighted by atomic mass is 35.5. The molecule has 0 saturated carbocycles. The molecule has 0 bridgehead atoms. The van der Waals surface area contributed by atoms with Gasteiger partial charge in [-0.05, 0) is 18.6 Å². The topological polar surface area (TPSA) is 74.0 Å². The smallest absolute Gasteiger partial charge is 0.299 e. The van der Waals surface area contributed by atoms with Crippen molar-refractivity contribution >= 4 is 17.5 Å². The van der Waals surface area contributed by atoms with Gasteiger partial charge in [0.2, 0.25) is 0 Å². The Balaban J connectivity index is 1.64. The molecular weight excluding hydrogens is 324 g/mol. The van der Waals surface area contributed by atoms with Crippen LogP contribution in [-0.2, 0) is 11.4 Å². The van der Waals surface area contributed by atoms with Gasteiger partial charge in [0.25, 0.3) is 5.91 Å². The molecule has 2 aromatic rings. The van der Waals surface area contributed by atoms with Gasteiger partial charge in [-0.25, -0.2) is 5.06 Å². The lowest BCUT2D eigenvalue weighted by molar-refractivity contribution is -0.0773. The first-order chi connectivity index (χ1) is 11.2. The lowest BCUT2D eigenvalue weighted by atomic mass is 10.3. The van der Waals surface area contributed by atoms with Crippen molar-refractivity contribution in [2.75, 3.05) is 20.3 Å². The molecule has 1 aliphatic heterocycles. The second-order valence-corrected chi connectivity index (χ2v) is 5.29. The van der Waals surface area contributed by atoms with Gasteiger partial charge >= 0.3 is 0 Å². The Morgan fingerprint density at radius 1 is 1.39 bits per heavy atom. The number of benzene rings is 1. The van der Waals surface area contributed by atoms with Crippen molar-refractivity contribution < 1.29 is 23.6 Å². The number of carbonyl (C=O) groups excluding carboxylic acids is 1. The summed E-state index contributed by atoms with van der Waals surface area (Å²) >= 11 is 5.90. The van der Waals surface area contributed by atoms with Crippen LogP contribution in [0.4, 0.5) is 0 Å². The van der Waals surface area contributed by atoms with Crippen LogP contribution in [0.5, 0.6) is 11.5 Å². The summed E-state index contributed by atoms with van der Waals surface area (Å²) in [4.78, 5) is 17.3. The SMILES string of the molecule is COc1cc(Cl)ccc1OCc1cc(C(=O)N2CCCO2)no1. The molecule has 1 aromatic carbocycles. The van der Waals surface area contributed by atoms with Crippen molar-refractivity contribution in [3.63, 3.8) is 0 Å². The summed E-state index contributed by atoms with van der Waals surface area (Å²) in [5.74, 6) is 1.13. The number of carbonyl (C=O) groups is 1. The predicted octanol–water partition coefficient (Wildman–Crippen LogP) is 2.69. The molecule has 1 amide bonds. The number of halogens is 1. The van der Waals surface area contributed by atoms with Crippen LogP contribution >= 0.6 is 11.6 Å². The average Bonchev–Trinajstić information content (AvgIpc) is 3.24. The van der Waals surface area contributed by atoms with Gasteiger partial charge in [0.15, 0.2) is 23.0 Å². The average molecular weight is 339 g/mol. The second-order valence-electron chi connectivity index (χ2n) is 4.86. The first-order valence-corrected chi connectivity index (χ1v) is 7.42. The standard InChI is InChI=1S/C15H15ClN2O5/c1-20-14-7-10(16)3-4-13(14)21-9-11-8-12(17-23-11)15(19)18-5-2-6-22-18/h3-4,7-8H,2,5-6,9H2,1H3. The highest BCUT2D eigenvalue weighted by molar-refractivity contribution is 6.30. The Morgan fingerprint density at radius 3 is 3.00 bits per heavy atom. The molecule has 1 saturated heterocycles. The minimum atomic E-state index is -0.318. The number of amides is 1. The summed E-state index contributed by atoms with van der Waals surface area (Å²) in [6.07, 6.45) is 0.815. The van der Waals surface area contributed by atoms with Gasteiger partial charge in [0.05, 0.1) is 20.3 Å². The fraction of sp³-hybridized carbons (Fsp3) is 0.333. The monoisotopic (exact) mass is 338 g/mol. The molecule has 3 rings (SSSR count). The van der Waals surface area contributed by atoms with Crippen molar-refractivity contribution in [1.82, 2.24) is 10.2 Å². The van der Waals surface area contributed by atoms with E-state index in [1.807, 2.05) is 0 Å². The molecule has 2 heterocycles. The fourth-order valence-corrected chi connectivity index (χ4v) is 2.29. The minimum absolute atomic E-state index is 0.110. The summed E-state index contributed by atoms with van der Waals surface area (Å²) in [6, 6.07) is 6.57. The Labute approximate surface area is 137 Å². The molecule has 0 N–H and O–H groups in total. The molecule has 23 heavy (non-hydrogen) atoms. The van der Waals surface area contributed by atoms with E-state index >= 15 is 0 Å². The Bertz CT molecular complexity index is 697. The molecule has 1 aliphatic rings. The van der Waals surface area contributed by atoms with E-state index in [4.69, 9.17) is 30.4 Å². The number of methoxy groups -OCH3 is 1. The molecule has 7 nitrogen and oxygen atoms in total. The Morgan fingerprint density at radius 2 is 2.26 bits per heavy atom. The van der Waals surface area contributed by atoms with Gasteiger partial charge in [-0.1, -0.05) is 16.8 Å². The number of nitrogens with zero attached hydrogens (tertiary/aromatic N) is 2. The highest BCUT2D eigenvalue weighted by Crippen LogP contribution is 2.30. The maximum absolute atomic E-state index is 12.1. The van der Waals surface area contributed by atoms with Gasteiger partial charge in [0, 0.05) is 17.2 Å². The van der Waals surface area contributed by atoms with Crippen molar-refractivity contribution in [2.24, 2.45) is 0 Å². The number of ether oxygens (including phenoxy) is 2. The van der Waals surface area contributed by atoms with Crippen molar-refractivity contribution in [3.8, 4) is 11.5 Å². The van der Waals surface area contributed by atoms with Crippen molar-refractivity contribution in [2.45, 2.75) is 13.0 Å². The summed E-state index contributed by atoms with van der Waals surface area (Å²) < 4.78 is 15.9. The van der Waals surface area contributed by atoms with E-state index in [0.29, 0.717) is 35.4 Å². The van der Waals surface area contributed by atoms with E-state index in [1.54, 1.807) is 18.2 Å². The number of rotatable bonds is 5. The van der Waals surface area contributed by atoms with Crippen LogP contribution in [0, 0.1) is 0 Å². The van der Waals surface area contributed by atoms with Crippen molar-refractivity contribution in [3.05, 3.63) is 40.7 Å². The van der Waals surface area contributed by atoms with Crippen molar-refractivity contribution in [1.29, 1.82) is 0 Å². The van der Waals surface area contributed by atoms with E-state index < -0.39 is 0 Å². The van der Waals surface area contributed by atoms with Gasteiger partial charge in [-0.3, -0.25) is 9.63 Å². The Kier molecular flexibility index (Phi) is 4.68. The van der Waals surface area contributed by atoms with Gasteiger partial charge in [0.1, 0.15) is 6.61 Å². The van der Waals surface area contributed by atoms with Crippen LogP contribution in [0.25, 0.3) is 0 Å². The van der Waals surface area contributed by atoms with E-state index in [1.165, 1.54) is 18.2 Å². The fourth-order valence-electron chi connectivity index (χ4n) is 2.13. The van der Waals surface area contributed by atoms with Gasteiger partial charge in [-0.2, -0.15) is 0 Å². The number of hydrogen-bond acceptors (Lipinski definition) is 6. The third-order valence-corrected chi connectivity index (χ3v) is 3.49. The van der Waals surface area contributed by atoms with Gasteiger partial charge in [-0.15, -0.1) is 0 Å². The largest absolute Gasteiger partial charge is 0.493 e. The zero-order valence-corrected chi connectivity index (χ0v) is 13.2. The van der Waals surface area contributed by atoms with Gasteiger partial charge < -0.3 is 14.0 Å². The molecule has 0 radical (unpaired) electrons. The van der Waals surface area contributed by atoms with Crippen LogP contribution in [0.1, 0.15) is 22.7 Å². The van der Waals surface area contributed by atoms with Crippen LogP contribution in [0.2, 0.25) is 5.02 Å². The maximum Gasteiger partial charge on any atom is 0.299 e. The van der Waals surface area contributed by atoms with Crippen LogP contribution < -0.4 is 9.47 Å². The first-order valence-electron chi connectivity index (χ1n) is 7.04. The summed E-state index contributed by atoms with van der Waals surface area (Å²) in [7, 11) is 1.53. The minimum Gasteiger partial charge on any atom is -0.493 e. The lowest BCUT2D eigenvalue weighted by Crippen LogP contribution is -2.26. The lowest BCUT2D eigenvalue weighted by Gasteiger charge is -2.10. The molecule has 122 valence electrons. The molecule has 0 spiro atoms. The van der Waals surface area contributed by atoms with E-state index in [-0.39, 0.29) is 18.2 Å². The number of aromatic nitrogens is 1. The molecular formula is C15H15ClN2O5. The quantitative estimate of drug-likeness (QED) is 0.834. The highest BCUT2D eigenvalue weighted by Gasteiger charge is 2.24. The summed E-state index contributed by atoms with van der Waals surface area (Å²) in [5, 5.41) is 5.58.